The van der Waals surface area contributed by atoms with Crippen molar-refractivity contribution in [3.8, 4) is 0 Å². The van der Waals surface area contributed by atoms with Gasteiger partial charge in [-0.2, -0.15) is 0 Å². The predicted octanol–water partition coefficient (Wildman–Crippen LogP) is 0.665. The molecular formula is C13H22N4O2. The Morgan fingerprint density at radius 3 is 2.89 bits per heavy atom. The van der Waals surface area contributed by atoms with E-state index in [0.717, 1.165) is 25.3 Å². The van der Waals surface area contributed by atoms with Crippen molar-refractivity contribution < 1.29 is 9.90 Å². The molecule has 106 valence electrons. The molecule has 1 aliphatic heterocycles. The Hall–Kier alpha value is -1.40. The second-order valence-corrected chi connectivity index (χ2v) is 5.46. The molecule has 1 N–H and O–H groups in total. The highest BCUT2D eigenvalue weighted by atomic mass is 16.4. The number of aromatic nitrogens is 2. The SMILES string of the molecule is CC(C)n1cncc1CN1CCN(C)C(C(=O)O)C1. The molecule has 1 atom stereocenters. The number of carboxylic acid groups (broad SMARTS) is 1. The van der Waals surface area contributed by atoms with Crippen molar-refractivity contribution in [2.45, 2.75) is 32.5 Å². The molecule has 1 aliphatic rings. The molecule has 0 aromatic carbocycles. The largest absolute Gasteiger partial charge is 0.480 e. The molecule has 1 fully saturated rings. The maximum absolute atomic E-state index is 11.2. The summed E-state index contributed by atoms with van der Waals surface area (Å²) in [6.07, 6.45) is 3.71. The minimum absolute atomic E-state index is 0.375. The Balaban J connectivity index is 2.03. The first-order valence-corrected chi connectivity index (χ1v) is 6.65. The number of aliphatic carboxylic acids is 1. The van der Waals surface area contributed by atoms with Crippen LogP contribution in [-0.2, 0) is 11.3 Å². The van der Waals surface area contributed by atoms with Gasteiger partial charge in [0, 0.05) is 38.4 Å². The van der Waals surface area contributed by atoms with E-state index in [-0.39, 0.29) is 0 Å². The Bertz CT molecular complexity index is 444. The van der Waals surface area contributed by atoms with Gasteiger partial charge >= 0.3 is 5.97 Å². The highest BCUT2D eigenvalue weighted by Crippen LogP contribution is 2.15. The van der Waals surface area contributed by atoms with E-state index in [1.807, 2.05) is 24.5 Å². The second-order valence-electron chi connectivity index (χ2n) is 5.46. The zero-order valence-corrected chi connectivity index (χ0v) is 11.8. The van der Waals surface area contributed by atoms with Crippen molar-refractivity contribution in [2.75, 3.05) is 26.7 Å². The second kappa shape index (κ2) is 5.71. The summed E-state index contributed by atoms with van der Waals surface area (Å²) in [7, 11) is 1.87. The minimum Gasteiger partial charge on any atom is -0.480 e. The van der Waals surface area contributed by atoms with Gasteiger partial charge in [0.25, 0.3) is 0 Å². The monoisotopic (exact) mass is 266 g/mol. The molecule has 2 rings (SSSR count). The van der Waals surface area contributed by atoms with Crippen LogP contribution in [0.15, 0.2) is 12.5 Å². The van der Waals surface area contributed by atoms with Crippen molar-refractivity contribution >= 4 is 5.97 Å². The predicted molar refractivity (Wildman–Crippen MR) is 71.9 cm³/mol. The number of nitrogens with zero attached hydrogens (tertiary/aromatic N) is 4. The smallest absolute Gasteiger partial charge is 0.322 e. The van der Waals surface area contributed by atoms with Gasteiger partial charge in [0.15, 0.2) is 0 Å². The fraction of sp³-hybridized carbons (Fsp3) is 0.692. The molecule has 0 aliphatic carbocycles. The number of carbonyl (C=O) groups is 1. The number of piperazine rings is 1. The Morgan fingerprint density at radius 1 is 1.53 bits per heavy atom. The van der Waals surface area contributed by atoms with Crippen molar-refractivity contribution in [2.24, 2.45) is 0 Å². The summed E-state index contributed by atoms with van der Waals surface area (Å²) in [5, 5.41) is 9.21. The van der Waals surface area contributed by atoms with Crippen LogP contribution in [0.3, 0.4) is 0 Å². The number of hydrogen-bond donors (Lipinski definition) is 1. The summed E-state index contributed by atoms with van der Waals surface area (Å²) < 4.78 is 2.13. The first kappa shape index (κ1) is 14.0. The molecule has 19 heavy (non-hydrogen) atoms. The van der Waals surface area contributed by atoms with Crippen molar-refractivity contribution in [1.82, 2.24) is 19.4 Å². The van der Waals surface area contributed by atoms with Gasteiger partial charge < -0.3 is 9.67 Å². The van der Waals surface area contributed by atoms with Crippen LogP contribution >= 0.6 is 0 Å². The molecule has 6 nitrogen and oxygen atoms in total. The van der Waals surface area contributed by atoms with Gasteiger partial charge in [0.05, 0.1) is 12.0 Å². The lowest BCUT2D eigenvalue weighted by Crippen LogP contribution is -2.54. The van der Waals surface area contributed by atoms with E-state index in [2.05, 4.69) is 28.3 Å². The van der Waals surface area contributed by atoms with E-state index in [4.69, 9.17) is 0 Å². The van der Waals surface area contributed by atoms with E-state index in [9.17, 15) is 9.90 Å². The number of rotatable bonds is 4. The quantitative estimate of drug-likeness (QED) is 0.867. The molecule has 1 aromatic rings. The Kier molecular flexibility index (Phi) is 4.21. The van der Waals surface area contributed by atoms with Gasteiger partial charge in [-0.25, -0.2) is 4.98 Å². The average molecular weight is 266 g/mol. The summed E-state index contributed by atoms with van der Waals surface area (Å²) in [5.74, 6) is -0.746. The lowest BCUT2D eigenvalue weighted by molar-refractivity contribution is -0.145. The van der Waals surface area contributed by atoms with E-state index in [0.29, 0.717) is 12.6 Å². The standard InChI is InChI=1S/C13H22N4O2/c1-10(2)17-9-14-6-11(17)7-16-5-4-15(3)12(8-16)13(18)19/h6,9-10,12H,4-5,7-8H2,1-3H3,(H,18,19). The molecule has 0 amide bonds. The van der Waals surface area contributed by atoms with Gasteiger partial charge in [-0.15, -0.1) is 0 Å². The molecular weight excluding hydrogens is 244 g/mol. The zero-order valence-electron chi connectivity index (χ0n) is 11.8. The molecule has 0 saturated carbocycles. The van der Waals surface area contributed by atoms with Crippen molar-refractivity contribution in [3.63, 3.8) is 0 Å². The van der Waals surface area contributed by atoms with Gasteiger partial charge in [-0.1, -0.05) is 0 Å². The fourth-order valence-electron chi connectivity index (χ4n) is 2.49. The highest BCUT2D eigenvalue weighted by Gasteiger charge is 2.30. The zero-order chi connectivity index (χ0) is 14.0. The summed E-state index contributed by atoms with van der Waals surface area (Å²) in [6.45, 7) is 7.24. The van der Waals surface area contributed by atoms with E-state index in [1.54, 1.807) is 0 Å². The maximum atomic E-state index is 11.2. The molecule has 6 heteroatoms. The van der Waals surface area contributed by atoms with Crippen LogP contribution in [0.1, 0.15) is 25.6 Å². The van der Waals surface area contributed by atoms with E-state index >= 15 is 0 Å². The summed E-state index contributed by atoms with van der Waals surface area (Å²) in [4.78, 5) is 19.5. The molecule has 0 spiro atoms. The van der Waals surface area contributed by atoms with E-state index < -0.39 is 12.0 Å². The topological polar surface area (TPSA) is 61.6 Å². The minimum atomic E-state index is -0.746. The third-order valence-corrected chi connectivity index (χ3v) is 3.71. The van der Waals surface area contributed by atoms with Crippen LogP contribution in [0.4, 0.5) is 0 Å². The lowest BCUT2D eigenvalue weighted by Gasteiger charge is -2.37. The van der Waals surface area contributed by atoms with Gasteiger partial charge in [-0.05, 0) is 20.9 Å². The molecule has 2 heterocycles. The Labute approximate surface area is 113 Å². The highest BCUT2D eigenvalue weighted by molar-refractivity contribution is 5.73. The molecule has 0 bridgehead atoms. The van der Waals surface area contributed by atoms with Crippen molar-refractivity contribution in [1.29, 1.82) is 0 Å². The molecule has 1 saturated heterocycles. The van der Waals surface area contributed by atoms with Crippen LogP contribution < -0.4 is 0 Å². The normalized spacial score (nSPS) is 22.0. The van der Waals surface area contributed by atoms with Crippen LogP contribution in [-0.4, -0.2) is 63.2 Å². The maximum Gasteiger partial charge on any atom is 0.322 e. The van der Waals surface area contributed by atoms with Gasteiger partial charge in [0.1, 0.15) is 6.04 Å². The van der Waals surface area contributed by atoms with Gasteiger partial charge in [-0.3, -0.25) is 14.6 Å². The first-order chi connectivity index (χ1) is 8.99. The van der Waals surface area contributed by atoms with Crippen molar-refractivity contribution in [3.05, 3.63) is 18.2 Å². The third-order valence-electron chi connectivity index (χ3n) is 3.71. The lowest BCUT2D eigenvalue weighted by atomic mass is 10.1. The number of hydrogen-bond acceptors (Lipinski definition) is 4. The summed E-state index contributed by atoms with van der Waals surface area (Å²) >= 11 is 0. The van der Waals surface area contributed by atoms with Crippen LogP contribution in [0.2, 0.25) is 0 Å². The average Bonchev–Trinajstić information content (AvgIpc) is 2.79. The number of likely N-dealkylation sites (N-methyl/N-ethyl adjacent to an activating group) is 1. The fourth-order valence-corrected chi connectivity index (χ4v) is 2.49. The third kappa shape index (κ3) is 3.13. The van der Waals surface area contributed by atoms with Crippen LogP contribution in [0.5, 0.6) is 0 Å². The molecule has 0 radical (unpaired) electrons. The number of imidazole rings is 1. The number of carboxylic acids is 1. The summed E-state index contributed by atoms with van der Waals surface area (Å²) in [6, 6.07) is -0.0376. The van der Waals surface area contributed by atoms with E-state index in [1.165, 1.54) is 0 Å². The van der Waals surface area contributed by atoms with Crippen LogP contribution in [0, 0.1) is 0 Å². The molecule has 1 unspecified atom stereocenters. The first-order valence-electron chi connectivity index (χ1n) is 6.65. The molecule has 1 aromatic heterocycles. The van der Waals surface area contributed by atoms with Gasteiger partial charge in [0.2, 0.25) is 0 Å². The summed E-state index contributed by atoms with van der Waals surface area (Å²) in [5.41, 5.74) is 1.14. The van der Waals surface area contributed by atoms with Crippen LogP contribution in [0.25, 0.3) is 0 Å². The Morgan fingerprint density at radius 2 is 2.26 bits per heavy atom.